The molecular weight excluding hydrogens is 444 g/mol. The van der Waals surface area contributed by atoms with Crippen molar-refractivity contribution >= 4 is 23.2 Å². The molecule has 2 aromatic carbocycles. The van der Waals surface area contributed by atoms with Crippen LogP contribution in [0.25, 0.3) is 0 Å². The maximum absolute atomic E-state index is 12.8. The highest BCUT2D eigenvalue weighted by molar-refractivity contribution is 7.14. The monoisotopic (exact) mass is 474 g/mol. The van der Waals surface area contributed by atoms with Gasteiger partial charge in [0.05, 0.1) is 6.04 Å². The average Bonchev–Trinajstić information content (AvgIpc) is 3.34. The second-order valence-electron chi connectivity index (χ2n) is 8.98. The first-order valence-corrected chi connectivity index (χ1v) is 12.9. The van der Waals surface area contributed by atoms with E-state index in [1.54, 1.807) is 0 Å². The largest absolute Gasteiger partial charge is 0.451 e. The van der Waals surface area contributed by atoms with Crippen LogP contribution in [0, 0.1) is 0 Å². The van der Waals surface area contributed by atoms with Crippen molar-refractivity contribution in [1.82, 2.24) is 9.80 Å². The van der Waals surface area contributed by atoms with Crippen LogP contribution in [-0.4, -0.2) is 54.5 Å². The van der Waals surface area contributed by atoms with E-state index in [9.17, 15) is 9.59 Å². The molecule has 176 valence electrons. The number of nitrogens with zero attached hydrogens (tertiary/aromatic N) is 2. The molecule has 1 amide bonds. The maximum atomic E-state index is 12.8. The molecule has 2 heterocycles. The van der Waals surface area contributed by atoms with Crippen LogP contribution in [-0.2, 0) is 22.4 Å². The molecule has 1 saturated heterocycles. The van der Waals surface area contributed by atoms with Gasteiger partial charge in [-0.15, -0.1) is 11.3 Å². The quantitative estimate of drug-likeness (QED) is 0.485. The lowest BCUT2D eigenvalue weighted by Crippen LogP contribution is -2.50. The van der Waals surface area contributed by atoms with Crippen molar-refractivity contribution in [1.29, 1.82) is 0 Å². The van der Waals surface area contributed by atoms with Gasteiger partial charge >= 0.3 is 5.97 Å². The van der Waals surface area contributed by atoms with E-state index in [4.69, 9.17) is 4.74 Å². The Morgan fingerprint density at radius 2 is 1.47 bits per heavy atom. The molecular formula is C28H30N2O3S. The number of amides is 1. The summed E-state index contributed by atoms with van der Waals surface area (Å²) in [7, 11) is 0. The minimum absolute atomic E-state index is 0.120. The molecule has 5 rings (SSSR count). The number of esters is 1. The van der Waals surface area contributed by atoms with Gasteiger partial charge in [-0.2, -0.15) is 0 Å². The molecule has 1 fully saturated rings. The summed E-state index contributed by atoms with van der Waals surface area (Å²) in [5.41, 5.74) is 3.78. The third-order valence-electron chi connectivity index (χ3n) is 6.79. The van der Waals surface area contributed by atoms with E-state index in [0.29, 0.717) is 18.0 Å². The Hall–Kier alpha value is -2.96. The van der Waals surface area contributed by atoms with Crippen LogP contribution in [0.15, 0.2) is 66.7 Å². The van der Waals surface area contributed by atoms with E-state index < -0.39 is 0 Å². The van der Waals surface area contributed by atoms with Gasteiger partial charge in [-0.1, -0.05) is 60.7 Å². The lowest BCUT2D eigenvalue weighted by Gasteiger charge is -2.39. The minimum atomic E-state index is -0.375. The molecule has 6 heteroatoms. The first kappa shape index (κ1) is 22.8. The number of thiophene rings is 1. The third kappa shape index (κ3) is 5.08. The Labute approximate surface area is 205 Å². The van der Waals surface area contributed by atoms with Crippen molar-refractivity contribution in [3.8, 4) is 0 Å². The number of aryl methyl sites for hydroxylation is 2. The van der Waals surface area contributed by atoms with Crippen LogP contribution >= 0.6 is 11.3 Å². The molecule has 1 aliphatic heterocycles. The number of carbonyl (C=O) groups excluding carboxylic acids is 2. The lowest BCUT2D eigenvalue weighted by atomic mass is 9.96. The highest BCUT2D eigenvalue weighted by atomic mass is 32.1. The molecule has 0 saturated carbocycles. The third-order valence-corrected chi connectivity index (χ3v) is 8.00. The first-order chi connectivity index (χ1) is 16.7. The van der Waals surface area contributed by atoms with Crippen molar-refractivity contribution < 1.29 is 14.3 Å². The molecule has 0 unspecified atom stereocenters. The Bertz CT molecular complexity index is 1060. The predicted molar refractivity (Wildman–Crippen MR) is 134 cm³/mol. The van der Waals surface area contributed by atoms with E-state index in [-0.39, 0.29) is 24.5 Å². The van der Waals surface area contributed by atoms with Gasteiger partial charge in [0.2, 0.25) is 0 Å². The molecule has 1 aliphatic carbocycles. The zero-order valence-electron chi connectivity index (χ0n) is 19.3. The standard InChI is InChI=1S/C28H30N2O3S/c31-26(20-33-28(32)25-19-23-13-7-8-14-24(23)34-25)29-15-17-30(18-16-29)27(21-9-3-1-4-10-21)22-11-5-2-6-12-22/h1-6,9-12,19,27H,7-8,13-18,20H2. The molecule has 34 heavy (non-hydrogen) atoms. The van der Waals surface area contributed by atoms with E-state index in [0.717, 1.165) is 25.9 Å². The summed E-state index contributed by atoms with van der Waals surface area (Å²) in [4.78, 5) is 31.5. The zero-order chi connectivity index (χ0) is 23.3. The normalized spacial score (nSPS) is 16.3. The van der Waals surface area contributed by atoms with E-state index in [2.05, 4.69) is 53.4 Å². The number of rotatable bonds is 6. The predicted octanol–water partition coefficient (Wildman–Crippen LogP) is 4.72. The number of benzene rings is 2. The summed E-state index contributed by atoms with van der Waals surface area (Å²) in [6, 6.07) is 23.1. The minimum Gasteiger partial charge on any atom is -0.451 e. The fraction of sp³-hybridized carbons (Fsp3) is 0.357. The van der Waals surface area contributed by atoms with Gasteiger partial charge in [0.25, 0.3) is 5.91 Å². The number of fused-ring (bicyclic) bond motifs is 1. The lowest BCUT2D eigenvalue weighted by molar-refractivity contribution is -0.136. The smallest absolute Gasteiger partial charge is 0.348 e. The van der Waals surface area contributed by atoms with Gasteiger partial charge in [-0.3, -0.25) is 9.69 Å². The number of hydrogen-bond donors (Lipinski definition) is 0. The van der Waals surface area contributed by atoms with E-state index in [1.807, 2.05) is 23.1 Å². The fourth-order valence-electron chi connectivity index (χ4n) is 5.00. The van der Waals surface area contributed by atoms with Crippen LogP contribution in [0.3, 0.4) is 0 Å². The van der Waals surface area contributed by atoms with Gasteiger partial charge < -0.3 is 9.64 Å². The molecule has 0 N–H and O–H groups in total. The highest BCUT2D eigenvalue weighted by Gasteiger charge is 2.28. The van der Waals surface area contributed by atoms with Crippen molar-refractivity contribution in [2.24, 2.45) is 0 Å². The van der Waals surface area contributed by atoms with Crippen LogP contribution in [0.4, 0.5) is 0 Å². The molecule has 0 spiro atoms. The number of ether oxygens (including phenoxy) is 1. The summed E-state index contributed by atoms with van der Waals surface area (Å²) in [6.45, 7) is 2.60. The number of carbonyl (C=O) groups is 2. The molecule has 0 bridgehead atoms. The van der Waals surface area contributed by atoms with Crippen LogP contribution in [0.5, 0.6) is 0 Å². The van der Waals surface area contributed by atoms with Crippen molar-refractivity contribution in [2.45, 2.75) is 31.7 Å². The van der Waals surface area contributed by atoms with Gasteiger partial charge in [0.15, 0.2) is 6.61 Å². The number of hydrogen-bond acceptors (Lipinski definition) is 5. The Balaban J connectivity index is 1.17. The van der Waals surface area contributed by atoms with Gasteiger partial charge in [-0.25, -0.2) is 4.79 Å². The topological polar surface area (TPSA) is 49.9 Å². The maximum Gasteiger partial charge on any atom is 0.348 e. The molecule has 3 aromatic rings. The summed E-state index contributed by atoms with van der Waals surface area (Å²) in [5.74, 6) is -0.495. The van der Waals surface area contributed by atoms with Crippen molar-refractivity contribution in [3.05, 3.63) is 93.2 Å². The Morgan fingerprint density at radius 3 is 2.09 bits per heavy atom. The number of piperazine rings is 1. The van der Waals surface area contributed by atoms with E-state index >= 15 is 0 Å². The molecule has 0 atom stereocenters. The SMILES string of the molecule is O=C(OCC(=O)N1CCN(C(c2ccccc2)c2ccccc2)CC1)c1cc2c(s1)CCCC2. The van der Waals surface area contributed by atoms with Gasteiger partial charge in [-0.05, 0) is 48.4 Å². The van der Waals surface area contributed by atoms with Crippen molar-refractivity contribution in [3.63, 3.8) is 0 Å². The summed E-state index contributed by atoms with van der Waals surface area (Å²) >= 11 is 1.52. The summed E-state index contributed by atoms with van der Waals surface area (Å²) in [5, 5.41) is 0. The molecule has 1 aromatic heterocycles. The van der Waals surface area contributed by atoms with E-state index in [1.165, 1.54) is 45.7 Å². The van der Waals surface area contributed by atoms with Crippen LogP contribution in [0.2, 0.25) is 0 Å². The molecule has 0 radical (unpaired) electrons. The average molecular weight is 475 g/mol. The fourth-order valence-corrected chi connectivity index (χ4v) is 6.14. The van der Waals surface area contributed by atoms with Gasteiger partial charge in [0.1, 0.15) is 4.88 Å². The molecule has 5 nitrogen and oxygen atoms in total. The Kier molecular flexibility index (Phi) is 7.07. The van der Waals surface area contributed by atoms with Gasteiger partial charge in [0, 0.05) is 31.1 Å². The van der Waals surface area contributed by atoms with Crippen LogP contribution in [0.1, 0.15) is 50.1 Å². The van der Waals surface area contributed by atoms with Crippen molar-refractivity contribution in [2.75, 3.05) is 32.8 Å². The molecule has 2 aliphatic rings. The first-order valence-electron chi connectivity index (χ1n) is 12.1. The van der Waals surface area contributed by atoms with Crippen LogP contribution < -0.4 is 0 Å². The Morgan fingerprint density at radius 1 is 0.853 bits per heavy atom. The summed E-state index contributed by atoms with van der Waals surface area (Å²) < 4.78 is 5.40. The second-order valence-corrected chi connectivity index (χ2v) is 10.1. The zero-order valence-corrected chi connectivity index (χ0v) is 20.1. The second kappa shape index (κ2) is 10.5. The summed E-state index contributed by atoms with van der Waals surface area (Å²) in [6.07, 6.45) is 4.44. The highest BCUT2D eigenvalue weighted by Crippen LogP contribution is 2.31.